The number of nitrogens with zero attached hydrogens (tertiary/aromatic N) is 4. The summed E-state index contributed by atoms with van der Waals surface area (Å²) in [6.45, 7) is 1.91. The summed E-state index contributed by atoms with van der Waals surface area (Å²) in [6, 6.07) is 8.73. The molecule has 2 aromatic heterocycles. The summed E-state index contributed by atoms with van der Waals surface area (Å²) < 4.78 is 6.85. The van der Waals surface area contributed by atoms with E-state index in [9.17, 15) is 4.79 Å². The molecule has 8 nitrogen and oxygen atoms in total. The van der Waals surface area contributed by atoms with Crippen molar-refractivity contribution in [1.82, 2.24) is 25.2 Å². The number of rotatable bonds is 4. The first-order valence-electron chi connectivity index (χ1n) is 8.76. The van der Waals surface area contributed by atoms with E-state index in [0.717, 1.165) is 37.3 Å². The number of aromatic nitrogens is 4. The van der Waals surface area contributed by atoms with Crippen molar-refractivity contribution in [2.75, 3.05) is 18.4 Å². The van der Waals surface area contributed by atoms with E-state index < -0.39 is 5.91 Å². The van der Waals surface area contributed by atoms with Crippen LogP contribution in [0, 0.1) is 0 Å². The van der Waals surface area contributed by atoms with Gasteiger partial charge in [0.05, 0.1) is 0 Å². The molecule has 1 aliphatic rings. The fourth-order valence-electron chi connectivity index (χ4n) is 3.09. The van der Waals surface area contributed by atoms with E-state index in [-0.39, 0.29) is 5.69 Å². The van der Waals surface area contributed by atoms with Crippen LogP contribution < -0.4 is 10.6 Å². The Morgan fingerprint density at radius 2 is 2.15 bits per heavy atom. The molecule has 1 fully saturated rings. The third-order valence-corrected chi connectivity index (χ3v) is 4.80. The van der Waals surface area contributed by atoms with E-state index in [1.165, 1.54) is 0 Å². The molecule has 0 spiro atoms. The number of benzene rings is 1. The molecule has 1 aromatic carbocycles. The highest BCUT2D eigenvalue weighted by Crippen LogP contribution is 2.25. The quantitative estimate of drug-likeness (QED) is 0.715. The average molecular weight is 387 g/mol. The molecule has 2 N–H and O–H groups in total. The van der Waals surface area contributed by atoms with Gasteiger partial charge in [0.25, 0.3) is 5.91 Å². The lowest BCUT2D eigenvalue weighted by molar-refractivity contribution is 0.101. The molecule has 0 bridgehead atoms. The van der Waals surface area contributed by atoms with Gasteiger partial charge in [0, 0.05) is 29.6 Å². The maximum absolute atomic E-state index is 12.5. The molecular weight excluding hydrogens is 368 g/mol. The highest BCUT2D eigenvalue weighted by Gasteiger charge is 2.22. The number of anilines is 1. The first kappa shape index (κ1) is 17.7. The maximum Gasteiger partial charge on any atom is 0.280 e. The fraction of sp³-hybridized carbons (Fsp3) is 0.333. The zero-order valence-electron chi connectivity index (χ0n) is 14.8. The normalized spacial score (nSPS) is 15.0. The van der Waals surface area contributed by atoms with Crippen LogP contribution in [-0.4, -0.2) is 38.9 Å². The van der Waals surface area contributed by atoms with E-state index in [2.05, 4.69) is 25.9 Å². The van der Waals surface area contributed by atoms with Gasteiger partial charge in [-0.05, 0) is 38.1 Å². The van der Waals surface area contributed by atoms with Crippen LogP contribution in [0.2, 0.25) is 5.02 Å². The summed E-state index contributed by atoms with van der Waals surface area (Å²) in [5.41, 5.74) is 0.914. The minimum Gasteiger partial charge on any atom is -0.355 e. The highest BCUT2D eigenvalue weighted by molar-refractivity contribution is 6.30. The van der Waals surface area contributed by atoms with Gasteiger partial charge in [-0.1, -0.05) is 28.9 Å². The van der Waals surface area contributed by atoms with Crippen LogP contribution in [0.1, 0.15) is 35.1 Å². The van der Waals surface area contributed by atoms with Crippen LogP contribution in [0.5, 0.6) is 0 Å². The fourth-order valence-corrected chi connectivity index (χ4v) is 3.28. The van der Waals surface area contributed by atoms with Gasteiger partial charge in [-0.3, -0.25) is 10.1 Å². The molecule has 4 rings (SSSR count). The number of piperidine rings is 1. The van der Waals surface area contributed by atoms with E-state index in [1.54, 1.807) is 29.9 Å². The second-order valence-electron chi connectivity index (χ2n) is 6.48. The molecule has 1 aliphatic heterocycles. The third kappa shape index (κ3) is 3.86. The minimum absolute atomic E-state index is 0.163. The molecule has 0 unspecified atom stereocenters. The number of amides is 1. The Kier molecular flexibility index (Phi) is 4.91. The summed E-state index contributed by atoms with van der Waals surface area (Å²) in [5, 5.41) is 14.9. The number of hydrogen-bond acceptors (Lipinski definition) is 6. The van der Waals surface area contributed by atoms with Crippen molar-refractivity contribution in [3.8, 4) is 11.3 Å². The second kappa shape index (κ2) is 7.50. The Balaban J connectivity index is 1.49. The van der Waals surface area contributed by atoms with Gasteiger partial charge in [0.15, 0.2) is 17.3 Å². The van der Waals surface area contributed by atoms with Crippen molar-refractivity contribution < 1.29 is 9.32 Å². The molecule has 1 saturated heterocycles. The Hall–Kier alpha value is -2.71. The monoisotopic (exact) mass is 386 g/mol. The topological polar surface area (TPSA) is 97.9 Å². The minimum atomic E-state index is -0.403. The van der Waals surface area contributed by atoms with Crippen molar-refractivity contribution in [2.24, 2.45) is 7.05 Å². The van der Waals surface area contributed by atoms with Gasteiger partial charge >= 0.3 is 0 Å². The van der Waals surface area contributed by atoms with Crippen molar-refractivity contribution in [1.29, 1.82) is 0 Å². The van der Waals surface area contributed by atoms with Crippen LogP contribution in [0.4, 0.5) is 5.95 Å². The van der Waals surface area contributed by atoms with E-state index in [4.69, 9.17) is 16.1 Å². The smallest absolute Gasteiger partial charge is 0.280 e. The van der Waals surface area contributed by atoms with Gasteiger partial charge < -0.3 is 9.84 Å². The van der Waals surface area contributed by atoms with Crippen LogP contribution in [0.15, 0.2) is 34.9 Å². The van der Waals surface area contributed by atoms with Crippen LogP contribution in [0.3, 0.4) is 0 Å². The van der Waals surface area contributed by atoms with E-state index in [1.807, 2.05) is 12.1 Å². The first-order chi connectivity index (χ1) is 13.1. The van der Waals surface area contributed by atoms with Crippen molar-refractivity contribution >= 4 is 23.5 Å². The average Bonchev–Trinajstić information content (AvgIpc) is 3.30. The lowest BCUT2D eigenvalue weighted by Crippen LogP contribution is -2.27. The highest BCUT2D eigenvalue weighted by atomic mass is 35.5. The standard InChI is InChI=1S/C18H19ClN6O2/c1-25-18(21-16(23-25)11-5-7-20-8-6-11)22-17(26)14-10-15(27-24-14)12-3-2-4-13(19)9-12/h2-4,9-11,20H,5-8H2,1H3,(H,21,22,23,26). The van der Waals surface area contributed by atoms with Crippen molar-refractivity contribution in [2.45, 2.75) is 18.8 Å². The van der Waals surface area contributed by atoms with Gasteiger partial charge in [0.1, 0.15) is 0 Å². The largest absolute Gasteiger partial charge is 0.355 e. The summed E-state index contributed by atoms with van der Waals surface area (Å²) >= 11 is 5.99. The molecule has 1 amide bonds. The molecule has 0 atom stereocenters. The first-order valence-corrected chi connectivity index (χ1v) is 9.13. The lowest BCUT2D eigenvalue weighted by Gasteiger charge is -2.19. The van der Waals surface area contributed by atoms with Crippen LogP contribution in [-0.2, 0) is 7.05 Å². The number of halogens is 1. The predicted molar refractivity (Wildman–Crippen MR) is 101 cm³/mol. The Labute approximate surface area is 160 Å². The third-order valence-electron chi connectivity index (χ3n) is 4.56. The number of carbonyl (C=O) groups excluding carboxylic acids is 1. The number of carbonyl (C=O) groups is 1. The molecule has 140 valence electrons. The molecule has 9 heteroatoms. The summed E-state index contributed by atoms with van der Waals surface area (Å²) in [6.07, 6.45) is 1.98. The summed E-state index contributed by atoms with van der Waals surface area (Å²) in [7, 11) is 1.76. The van der Waals surface area contributed by atoms with Gasteiger partial charge in [-0.2, -0.15) is 10.1 Å². The lowest BCUT2D eigenvalue weighted by atomic mass is 9.98. The maximum atomic E-state index is 12.5. The summed E-state index contributed by atoms with van der Waals surface area (Å²) in [4.78, 5) is 17.0. The Morgan fingerprint density at radius 1 is 1.33 bits per heavy atom. The molecule has 27 heavy (non-hydrogen) atoms. The van der Waals surface area contributed by atoms with E-state index in [0.29, 0.717) is 22.6 Å². The van der Waals surface area contributed by atoms with Crippen LogP contribution in [0.25, 0.3) is 11.3 Å². The molecule has 3 aromatic rings. The molecule has 3 heterocycles. The number of hydrogen-bond donors (Lipinski definition) is 2. The van der Waals surface area contributed by atoms with Crippen LogP contribution >= 0.6 is 11.6 Å². The molecular formula is C18H19ClN6O2. The number of nitrogens with one attached hydrogen (secondary N) is 2. The molecule has 0 radical (unpaired) electrons. The Bertz CT molecular complexity index is 960. The number of aryl methyl sites for hydroxylation is 1. The van der Waals surface area contributed by atoms with Gasteiger partial charge in [0.2, 0.25) is 5.95 Å². The van der Waals surface area contributed by atoms with Crippen molar-refractivity contribution in [3.63, 3.8) is 0 Å². The zero-order valence-corrected chi connectivity index (χ0v) is 15.5. The van der Waals surface area contributed by atoms with Gasteiger partial charge in [-0.25, -0.2) is 4.68 Å². The Morgan fingerprint density at radius 3 is 2.93 bits per heavy atom. The second-order valence-corrected chi connectivity index (χ2v) is 6.92. The molecule has 0 aliphatic carbocycles. The predicted octanol–water partition coefficient (Wildman–Crippen LogP) is 2.84. The van der Waals surface area contributed by atoms with E-state index >= 15 is 0 Å². The molecule has 0 saturated carbocycles. The van der Waals surface area contributed by atoms with Gasteiger partial charge in [-0.15, -0.1) is 0 Å². The summed E-state index contributed by atoms with van der Waals surface area (Å²) in [5.74, 6) is 1.52. The SMILES string of the molecule is Cn1nc(C2CCNCC2)nc1NC(=O)c1cc(-c2cccc(Cl)c2)on1. The van der Waals surface area contributed by atoms with Crippen molar-refractivity contribution in [3.05, 3.63) is 46.9 Å². The zero-order chi connectivity index (χ0) is 18.8.